The summed E-state index contributed by atoms with van der Waals surface area (Å²) in [5, 5.41) is 0. The Morgan fingerprint density at radius 3 is 2.54 bits per heavy atom. The number of carbonyl (C=O) groups is 2. The second-order valence-corrected chi connectivity index (χ2v) is 9.45. The molecule has 3 fully saturated rings. The number of ether oxygens (including phenoxy) is 2. The summed E-state index contributed by atoms with van der Waals surface area (Å²) in [6, 6.07) is 7.83. The SMILES string of the molecule is CN1c2ccccc2[C@H]2[C@@H]1[C@@]1(C(=O)OC(C)(C)C)O[C@]2(C)C2(CC2)C1=O. The molecule has 4 atom stereocenters. The minimum Gasteiger partial charge on any atom is -0.457 e. The number of para-hydroxylation sites is 1. The van der Waals surface area contributed by atoms with Crippen LogP contribution in [-0.4, -0.2) is 41.6 Å². The van der Waals surface area contributed by atoms with Crippen molar-refractivity contribution in [1.29, 1.82) is 0 Å². The maximum Gasteiger partial charge on any atom is 0.349 e. The number of hydrogen-bond donors (Lipinski definition) is 0. The van der Waals surface area contributed by atoms with Gasteiger partial charge >= 0.3 is 5.97 Å². The van der Waals surface area contributed by atoms with Crippen molar-refractivity contribution in [3.63, 3.8) is 0 Å². The fourth-order valence-electron chi connectivity index (χ4n) is 5.79. The van der Waals surface area contributed by atoms with Gasteiger partial charge in [-0.1, -0.05) is 18.2 Å². The number of nitrogens with zero attached hydrogens (tertiary/aromatic N) is 1. The molecule has 2 bridgehead atoms. The summed E-state index contributed by atoms with van der Waals surface area (Å²) >= 11 is 0. The van der Waals surface area contributed by atoms with E-state index < -0.39 is 28.2 Å². The van der Waals surface area contributed by atoms with Gasteiger partial charge in [-0.25, -0.2) is 4.79 Å². The van der Waals surface area contributed by atoms with Crippen molar-refractivity contribution in [3.05, 3.63) is 29.8 Å². The van der Waals surface area contributed by atoms with Crippen molar-refractivity contribution in [2.75, 3.05) is 11.9 Å². The van der Waals surface area contributed by atoms with Crippen LogP contribution in [0.1, 0.15) is 52.0 Å². The molecule has 4 aliphatic rings. The molecular formula is C21H25NO4. The highest BCUT2D eigenvalue weighted by Crippen LogP contribution is 2.76. The van der Waals surface area contributed by atoms with Crippen molar-refractivity contribution < 1.29 is 19.1 Å². The summed E-state index contributed by atoms with van der Waals surface area (Å²) in [4.78, 5) is 29.0. The van der Waals surface area contributed by atoms with Crippen LogP contribution in [0.2, 0.25) is 0 Å². The molecule has 5 nitrogen and oxygen atoms in total. The summed E-state index contributed by atoms with van der Waals surface area (Å²) in [5.41, 5.74) is -1.15. The molecule has 0 radical (unpaired) electrons. The minimum absolute atomic E-state index is 0.00332. The summed E-state index contributed by atoms with van der Waals surface area (Å²) < 4.78 is 12.2. The Hall–Kier alpha value is -1.88. The van der Waals surface area contributed by atoms with E-state index in [4.69, 9.17) is 9.47 Å². The van der Waals surface area contributed by atoms with E-state index in [9.17, 15) is 9.59 Å². The highest BCUT2D eigenvalue weighted by Gasteiger charge is 2.88. The average molecular weight is 355 g/mol. The molecule has 5 heteroatoms. The van der Waals surface area contributed by atoms with Crippen molar-refractivity contribution in [2.24, 2.45) is 5.41 Å². The Morgan fingerprint density at radius 2 is 1.92 bits per heavy atom. The van der Waals surface area contributed by atoms with Crippen LogP contribution in [0.15, 0.2) is 24.3 Å². The van der Waals surface area contributed by atoms with Crippen molar-refractivity contribution in [3.8, 4) is 0 Å². The Labute approximate surface area is 153 Å². The van der Waals surface area contributed by atoms with Crippen LogP contribution in [0.4, 0.5) is 5.69 Å². The second-order valence-electron chi connectivity index (χ2n) is 9.45. The summed E-state index contributed by atoms with van der Waals surface area (Å²) in [5.74, 6) is -0.601. The highest BCUT2D eigenvalue weighted by molar-refractivity contribution is 6.16. The van der Waals surface area contributed by atoms with E-state index >= 15 is 0 Å². The Kier molecular flexibility index (Phi) is 2.71. The smallest absolute Gasteiger partial charge is 0.349 e. The maximum absolute atomic E-state index is 13.6. The quantitative estimate of drug-likeness (QED) is 0.573. The van der Waals surface area contributed by atoms with E-state index in [1.54, 1.807) is 0 Å². The normalized spacial score (nSPS) is 38.5. The fraction of sp³-hybridized carbons (Fsp3) is 0.619. The lowest BCUT2D eigenvalue weighted by Crippen LogP contribution is -2.63. The number of fused-ring (bicyclic) bond motifs is 8. The summed E-state index contributed by atoms with van der Waals surface area (Å²) in [7, 11) is 1.95. The van der Waals surface area contributed by atoms with Gasteiger partial charge in [0.2, 0.25) is 5.60 Å². The number of likely N-dealkylation sites (N-methyl/N-ethyl adjacent to an activating group) is 1. The standard InChI is InChI=1S/C21H25NO4/c1-18(2,3)25-17(24)21-15-14(12-8-6-7-9-13(12)22(15)5)19(4,26-21)20(10-11-20)16(21)23/h6-9,14-15H,10-11H2,1-5H3/t14-,15+,19-,21+/m0/s1. The van der Waals surface area contributed by atoms with Gasteiger partial charge in [0.15, 0.2) is 5.78 Å². The van der Waals surface area contributed by atoms with E-state index in [1.165, 1.54) is 5.56 Å². The van der Waals surface area contributed by atoms with Crippen LogP contribution >= 0.6 is 0 Å². The summed E-state index contributed by atoms with van der Waals surface area (Å²) in [6.07, 6.45) is 1.59. The number of esters is 1. The van der Waals surface area contributed by atoms with Crippen LogP contribution < -0.4 is 4.90 Å². The van der Waals surface area contributed by atoms with Gasteiger partial charge in [0.1, 0.15) is 5.60 Å². The lowest BCUT2D eigenvalue weighted by atomic mass is 9.62. The Morgan fingerprint density at radius 1 is 1.27 bits per heavy atom. The molecule has 138 valence electrons. The van der Waals surface area contributed by atoms with E-state index in [0.29, 0.717) is 0 Å². The summed E-state index contributed by atoms with van der Waals surface area (Å²) in [6.45, 7) is 7.51. The molecular weight excluding hydrogens is 330 g/mol. The molecule has 0 N–H and O–H groups in total. The third kappa shape index (κ3) is 1.54. The molecule has 1 aromatic carbocycles. The number of benzene rings is 1. The third-order valence-corrected chi connectivity index (χ3v) is 6.94. The van der Waals surface area contributed by atoms with Crippen LogP contribution in [0.5, 0.6) is 0 Å². The number of carbonyl (C=O) groups excluding carboxylic acids is 2. The highest BCUT2D eigenvalue weighted by atomic mass is 16.6. The van der Waals surface area contributed by atoms with Crippen molar-refractivity contribution in [1.82, 2.24) is 0 Å². The van der Waals surface area contributed by atoms with Gasteiger partial charge in [0, 0.05) is 18.7 Å². The van der Waals surface area contributed by atoms with Crippen LogP contribution in [-0.2, 0) is 19.1 Å². The van der Waals surface area contributed by atoms with E-state index in [2.05, 4.69) is 17.0 Å². The zero-order valence-electron chi connectivity index (χ0n) is 16.0. The first kappa shape index (κ1) is 16.3. The van der Waals surface area contributed by atoms with Crippen LogP contribution in [0, 0.1) is 5.41 Å². The van der Waals surface area contributed by atoms with Gasteiger partial charge in [-0.15, -0.1) is 0 Å². The molecule has 2 saturated heterocycles. The van der Waals surface area contributed by atoms with Gasteiger partial charge < -0.3 is 14.4 Å². The first-order valence-corrected chi connectivity index (χ1v) is 9.39. The molecule has 1 spiro atoms. The number of ketones is 1. The van der Waals surface area contributed by atoms with Crippen molar-refractivity contribution >= 4 is 17.4 Å². The van der Waals surface area contributed by atoms with Crippen molar-refractivity contribution in [2.45, 2.75) is 69.3 Å². The Bertz CT molecular complexity index is 852. The predicted molar refractivity (Wildman–Crippen MR) is 96.1 cm³/mol. The third-order valence-electron chi connectivity index (χ3n) is 6.94. The lowest BCUT2D eigenvalue weighted by Gasteiger charge is -2.40. The molecule has 3 aliphatic heterocycles. The van der Waals surface area contributed by atoms with Gasteiger partial charge in [-0.3, -0.25) is 4.79 Å². The number of hydrogen-bond acceptors (Lipinski definition) is 5. The fourth-order valence-corrected chi connectivity index (χ4v) is 5.79. The largest absolute Gasteiger partial charge is 0.457 e. The lowest BCUT2D eigenvalue weighted by molar-refractivity contribution is -0.182. The number of Topliss-reactive ketones (excluding diaryl/α,β-unsaturated/α-hetero) is 1. The monoisotopic (exact) mass is 355 g/mol. The second kappa shape index (κ2) is 4.33. The minimum atomic E-state index is -1.53. The molecule has 0 amide bonds. The first-order chi connectivity index (χ1) is 12.1. The predicted octanol–water partition coefficient (Wildman–Crippen LogP) is 2.82. The average Bonchev–Trinajstić information content (AvgIpc) is 3.19. The number of rotatable bonds is 1. The molecule has 1 saturated carbocycles. The van der Waals surface area contributed by atoms with Crippen LogP contribution in [0.3, 0.4) is 0 Å². The number of anilines is 1. The van der Waals surface area contributed by atoms with E-state index in [0.717, 1.165) is 18.5 Å². The molecule has 1 aromatic rings. The molecule has 5 rings (SSSR count). The Balaban J connectivity index is 1.72. The first-order valence-electron chi connectivity index (χ1n) is 9.39. The maximum atomic E-state index is 13.6. The molecule has 1 aliphatic carbocycles. The van der Waals surface area contributed by atoms with Gasteiger partial charge in [0.05, 0.1) is 17.1 Å². The van der Waals surface area contributed by atoms with Crippen LogP contribution in [0.25, 0.3) is 0 Å². The zero-order valence-corrected chi connectivity index (χ0v) is 16.0. The van der Waals surface area contributed by atoms with E-state index in [-0.39, 0.29) is 17.7 Å². The molecule has 3 heterocycles. The van der Waals surface area contributed by atoms with Gasteiger partial charge in [-0.05, 0) is 52.2 Å². The van der Waals surface area contributed by atoms with Gasteiger partial charge in [-0.2, -0.15) is 0 Å². The van der Waals surface area contributed by atoms with Gasteiger partial charge in [0.25, 0.3) is 0 Å². The molecule has 26 heavy (non-hydrogen) atoms. The topological polar surface area (TPSA) is 55.8 Å². The van der Waals surface area contributed by atoms with E-state index in [1.807, 2.05) is 46.9 Å². The molecule has 0 unspecified atom stereocenters. The zero-order chi connectivity index (χ0) is 18.7. The molecule has 0 aromatic heterocycles.